The van der Waals surface area contributed by atoms with Gasteiger partial charge < -0.3 is 15.8 Å². The highest BCUT2D eigenvalue weighted by Gasteiger charge is 2.34. The molecule has 5 heteroatoms. The van der Waals surface area contributed by atoms with E-state index in [0.717, 1.165) is 37.7 Å². The first-order valence-electron chi connectivity index (χ1n) is 6.95. The van der Waals surface area contributed by atoms with Crippen LogP contribution in [0.25, 0.3) is 0 Å². The van der Waals surface area contributed by atoms with Gasteiger partial charge >= 0.3 is 0 Å². The van der Waals surface area contributed by atoms with Crippen LogP contribution in [0.4, 0.5) is 0 Å². The molecule has 0 spiro atoms. The molecule has 1 saturated carbocycles. The minimum atomic E-state index is -0.718. The van der Waals surface area contributed by atoms with Gasteiger partial charge in [-0.2, -0.15) is 0 Å². The number of hydrogen-bond donors (Lipinski definition) is 2. The van der Waals surface area contributed by atoms with Crippen LogP contribution in [0.3, 0.4) is 0 Å². The topological polar surface area (TPSA) is 64.3 Å². The maximum absolute atomic E-state index is 12.3. The molecular formula is C15H21ClN2O2. The van der Waals surface area contributed by atoms with E-state index in [2.05, 4.69) is 5.32 Å². The van der Waals surface area contributed by atoms with Crippen LogP contribution >= 0.6 is 11.6 Å². The highest BCUT2D eigenvalue weighted by Crippen LogP contribution is 2.27. The summed E-state index contributed by atoms with van der Waals surface area (Å²) in [6, 6.07) is 5.35. The molecule has 0 radical (unpaired) electrons. The first-order valence-corrected chi connectivity index (χ1v) is 7.32. The summed E-state index contributed by atoms with van der Waals surface area (Å²) in [5.74, 6) is 0.628. The van der Waals surface area contributed by atoms with Crippen LogP contribution in [0.5, 0.6) is 5.75 Å². The Morgan fingerprint density at radius 1 is 1.40 bits per heavy atom. The van der Waals surface area contributed by atoms with Gasteiger partial charge in [-0.3, -0.25) is 4.79 Å². The molecule has 110 valence electrons. The molecule has 0 aliphatic heterocycles. The monoisotopic (exact) mass is 296 g/mol. The third kappa shape index (κ3) is 3.44. The van der Waals surface area contributed by atoms with E-state index >= 15 is 0 Å². The van der Waals surface area contributed by atoms with Gasteiger partial charge in [-0.15, -0.1) is 0 Å². The van der Waals surface area contributed by atoms with Crippen LogP contribution in [-0.2, 0) is 11.3 Å². The van der Waals surface area contributed by atoms with Crippen LogP contribution < -0.4 is 15.8 Å². The first-order chi connectivity index (χ1) is 9.55. The van der Waals surface area contributed by atoms with Gasteiger partial charge in [-0.05, 0) is 31.0 Å². The number of amides is 1. The van der Waals surface area contributed by atoms with E-state index in [-0.39, 0.29) is 5.91 Å². The average molecular weight is 297 g/mol. The van der Waals surface area contributed by atoms with Crippen molar-refractivity contribution >= 4 is 17.5 Å². The molecule has 2 rings (SSSR count). The van der Waals surface area contributed by atoms with E-state index in [1.54, 1.807) is 25.3 Å². The van der Waals surface area contributed by atoms with E-state index in [0.29, 0.717) is 17.3 Å². The van der Waals surface area contributed by atoms with E-state index in [1.807, 2.05) is 0 Å². The number of methoxy groups -OCH3 is 1. The molecule has 3 N–H and O–H groups in total. The second kappa shape index (κ2) is 6.46. The van der Waals surface area contributed by atoms with Crippen molar-refractivity contribution in [1.82, 2.24) is 5.32 Å². The number of hydrogen-bond acceptors (Lipinski definition) is 3. The number of nitrogens with two attached hydrogens (primary N) is 1. The standard InChI is InChI=1S/C15H21ClN2O2/c1-20-13-6-5-12(16)9-11(13)10-18-14(19)15(17)7-3-2-4-8-15/h5-6,9H,2-4,7-8,10,17H2,1H3,(H,18,19). The maximum atomic E-state index is 12.3. The predicted molar refractivity (Wildman–Crippen MR) is 79.9 cm³/mol. The minimum absolute atomic E-state index is 0.0840. The molecule has 1 fully saturated rings. The third-order valence-electron chi connectivity index (χ3n) is 3.88. The number of benzene rings is 1. The fourth-order valence-corrected chi connectivity index (χ4v) is 2.84. The SMILES string of the molecule is COc1ccc(Cl)cc1CNC(=O)C1(N)CCCCC1. The molecule has 0 unspecified atom stereocenters. The molecule has 1 aliphatic rings. The fourth-order valence-electron chi connectivity index (χ4n) is 2.65. The Kier molecular flexibility index (Phi) is 4.89. The van der Waals surface area contributed by atoms with Gasteiger partial charge in [0.05, 0.1) is 12.6 Å². The maximum Gasteiger partial charge on any atom is 0.240 e. The molecule has 0 atom stereocenters. The van der Waals surface area contributed by atoms with Gasteiger partial charge in [0.2, 0.25) is 5.91 Å². The summed E-state index contributed by atoms with van der Waals surface area (Å²) in [5.41, 5.74) is 6.33. The lowest BCUT2D eigenvalue weighted by atomic mass is 9.82. The van der Waals surface area contributed by atoms with Gasteiger partial charge in [0.1, 0.15) is 5.75 Å². The van der Waals surface area contributed by atoms with Crippen molar-refractivity contribution < 1.29 is 9.53 Å². The molecule has 0 saturated heterocycles. The smallest absolute Gasteiger partial charge is 0.240 e. The van der Waals surface area contributed by atoms with Gasteiger partial charge in [0.25, 0.3) is 0 Å². The van der Waals surface area contributed by atoms with Crippen molar-refractivity contribution in [2.24, 2.45) is 5.73 Å². The normalized spacial score (nSPS) is 17.6. The fraction of sp³-hybridized carbons (Fsp3) is 0.533. The molecule has 1 amide bonds. The zero-order chi connectivity index (χ0) is 14.6. The number of halogens is 1. The van der Waals surface area contributed by atoms with Crippen LogP contribution in [0.2, 0.25) is 5.02 Å². The summed E-state index contributed by atoms with van der Waals surface area (Å²) in [4.78, 5) is 12.3. The number of carbonyl (C=O) groups excluding carboxylic acids is 1. The van der Waals surface area contributed by atoms with Gasteiger partial charge in [-0.25, -0.2) is 0 Å². The van der Waals surface area contributed by atoms with Gasteiger partial charge in [0.15, 0.2) is 0 Å². The molecule has 0 heterocycles. The zero-order valence-corrected chi connectivity index (χ0v) is 12.5. The Morgan fingerprint density at radius 3 is 2.75 bits per heavy atom. The van der Waals surface area contributed by atoms with Crippen LogP contribution in [0.1, 0.15) is 37.7 Å². The molecule has 1 aromatic carbocycles. The average Bonchev–Trinajstić information content (AvgIpc) is 2.45. The summed E-state index contributed by atoms with van der Waals surface area (Å²) in [5, 5.41) is 3.53. The Hall–Kier alpha value is -1.26. The van der Waals surface area contributed by atoms with E-state index in [9.17, 15) is 4.79 Å². The number of rotatable bonds is 4. The van der Waals surface area contributed by atoms with Gasteiger partial charge in [0, 0.05) is 17.1 Å². The lowest BCUT2D eigenvalue weighted by molar-refractivity contribution is -0.127. The third-order valence-corrected chi connectivity index (χ3v) is 4.11. The Morgan fingerprint density at radius 2 is 2.10 bits per heavy atom. The minimum Gasteiger partial charge on any atom is -0.496 e. The molecule has 4 nitrogen and oxygen atoms in total. The molecule has 1 aromatic rings. The number of ether oxygens (including phenoxy) is 1. The van der Waals surface area contributed by atoms with E-state index < -0.39 is 5.54 Å². The van der Waals surface area contributed by atoms with Crippen molar-refractivity contribution in [3.8, 4) is 5.75 Å². The predicted octanol–water partition coefficient (Wildman–Crippen LogP) is 2.63. The number of nitrogens with one attached hydrogen (secondary N) is 1. The summed E-state index contributed by atoms with van der Waals surface area (Å²) < 4.78 is 5.26. The molecule has 1 aliphatic carbocycles. The van der Waals surface area contributed by atoms with E-state index in [4.69, 9.17) is 22.1 Å². The molecule has 0 aromatic heterocycles. The molecule has 20 heavy (non-hydrogen) atoms. The number of carbonyl (C=O) groups is 1. The zero-order valence-electron chi connectivity index (χ0n) is 11.7. The summed E-state index contributed by atoms with van der Waals surface area (Å²) >= 11 is 5.97. The summed E-state index contributed by atoms with van der Waals surface area (Å²) in [6.07, 6.45) is 4.71. The largest absolute Gasteiger partial charge is 0.496 e. The summed E-state index contributed by atoms with van der Waals surface area (Å²) in [6.45, 7) is 0.377. The Labute approximate surface area is 124 Å². The second-order valence-electron chi connectivity index (χ2n) is 5.36. The highest BCUT2D eigenvalue weighted by molar-refractivity contribution is 6.30. The van der Waals surface area contributed by atoms with Crippen LogP contribution in [0, 0.1) is 0 Å². The molecule has 0 bridgehead atoms. The van der Waals surface area contributed by atoms with Crippen molar-refractivity contribution in [1.29, 1.82) is 0 Å². The summed E-state index contributed by atoms with van der Waals surface area (Å²) in [7, 11) is 1.60. The van der Waals surface area contributed by atoms with Crippen LogP contribution in [0.15, 0.2) is 18.2 Å². The lowest BCUT2D eigenvalue weighted by Gasteiger charge is -2.31. The molecular weight excluding hydrogens is 276 g/mol. The first kappa shape index (κ1) is 15.1. The van der Waals surface area contributed by atoms with Crippen molar-refractivity contribution in [3.63, 3.8) is 0 Å². The van der Waals surface area contributed by atoms with Crippen molar-refractivity contribution in [3.05, 3.63) is 28.8 Å². The second-order valence-corrected chi connectivity index (χ2v) is 5.79. The quantitative estimate of drug-likeness (QED) is 0.898. The Bertz CT molecular complexity index is 485. The van der Waals surface area contributed by atoms with Crippen molar-refractivity contribution in [2.75, 3.05) is 7.11 Å². The Balaban J connectivity index is 2.01. The lowest BCUT2D eigenvalue weighted by Crippen LogP contribution is -2.54. The highest BCUT2D eigenvalue weighted by atomic mass is 35.5. The van der Waals surface area contributed by atoms with Crippen molar-refractivity contribution in [2.45, 2.75) is 44.2 Å². The van der Waals surface area contributed by atoms with Gasteiger partial charge in [-0.1, -0.05) is 30.9 Å². The van der Waals surface area contributed by atoms with E-state index in [1.165, 1.54) is 0 Å². The van der Waals surface area contributed by atoms with Crippen LogP contribution in [-0.4, -0.2) is 18.6 Å².